The largest absolute Gasteiger partial charge is 0.389 e. The van der Waals surface area contributed by atoms with Gasteiger partial charge >= 0.3 is 0 Å². The monoisotopic (exact) mass is 263 g/mol. The number of aliphatic hydroxyl groups excluding tert-OH is 2. The highest BCUT2D eigenvalue weighted by Crippen LogP contribution is 2.24. The molecule has 0 radical (unpaired) electrons. The molecule has 0 aromatic heterocycles. The predicted octanol–water partition coefficient (Wildman–Crippen LogP) is 1.69. The summed E-state index contributed by atoms with van der Waals surface area (Å²) in [4.78, 5) is 0. The van der Waals surface area contributed by atoms with Crippen molar-refractivity contribution in [3.63, 3.8) is 0 Å². The lowest BCUT2D eigenvalue weighted by molar-refractivity contribution is 0.0202. The third-order valence-electron chi connectivity index (χ3n) is 2.33. The van der Waals surface area contributed by atoms with Gasteiger partial charge in [0.1, 0.15) is 6.10 Å². The van der Waals surface area contributed by atoms with E-state index in [-0.39, 0.29) is 5.88 Å². The summed E-state index contributed by atoms with van der Waals surface area (Å²) in [5.41, 5.74) is 1.36. The number of benzene rings is 1. The van der Waals surface area contributed by atoms with Crippen molar-refractivity contribution in [2.24, 2.45) is 0 Å². The van der Waals surface area contributed by atoms with E-state index < -0.39 is 12.2 Å². The number of alkyl halides is 1. The molecule has 90 valence electrons. The lowest BCUT2D eigenvalue weighted by atomic mass is 10.0. The third-order valence-corrected chi connectivity index (χ3v) is 2.99. The van der Waals surface area contributed by atoms with Gasteiger partial charge in [-0.25, -0.2) is 0 Å². The predicted molar refractivity (Wildman–Crippen MR) is 65.9 cm³/mol. The summed E-state index contributed by atoms with van der Waals surface area (Å²) in [6.45, 7) is 0.319. The van der Waals surface area contributed by atoms with Crippen LogP contribution in [-0.2, 0) is 5.88 Å². The van der Waals surface area contributed by atoms with Gasteiger partial charge in [0.05, 0.1) is 6.10 Å². The second-order valence-electron chi connectivity index (χ2n) is 3.55. The van der Waals surface area contributed by atoms with Gasteiger partial charge in [-0.2, -0.15) is 0 Å². The van der Waals surface area contributed by atoms with Gasteiger partial charge in [0.25, 0.3) is 0 Å². The molecule has 0 saturated carbocycles. The number of rotatable bonds is 5. The zero-order valence-corrected chi connectivity index (χ0v) is 10.5. The number of hydrogen-bond acceptors (Lipinski definition) is 3. The lowest BCUT2D eigenvalue weighted by Crippen LogP contribution is -2.29. The van der Waals surface area contributed by atoms with Crippen molar-refractivity contribution in [3.8, 4) is 0 Å². The van der Waals surface area contributed by atoms with Crippen molar-refractivity contribution in [1.82, 2.24) is 5.32 Å². The standard InChI is InChI=1S/C11H15Cl2NO2/c1-14-6-10(15)11(16)7-2-3-9(13)8(4-7)5-12/h2-4,10-11,14-16H,5-6H2,1H3. The first-order valence-corrected chi connectivity index (χ1v) is 5.86. The zero-order valence-electron chi connectivity index (χ0n) is 8.95. The minimum Gasteiger partial charge on any atom is -0.389 e. The molecule has 1 rings (SSSR count). The summed E-state index contributed by atoms with van der Waals surface area (Å²) >= 11 is 11.6. The molecule has 0 aliphatic carbocycles. The molecule has 1 aromatic carbocycles. The molecular formula is C11H15Cl2NO2. The average Bonchev–Trinajstić information content (AvgIpc) is 2.29. The Labute approximate surface area is 105 Å². The Bertz CT molecular complexity index is 347. The molecular weight excluding hydrogens is 249 g/mol. The Morgan fingerprint density at radius 2 is 2.06 bits per heavy atom. The van der Waals surface area contributed by atoms with Crippen molar-refractivity contribution in [3.05, 3.63) is 34.3 Å². The van der Waals surface area contributed by atoms with Crippen LogP contribution >= 0.6 is 23.2 Å². The van der Waals surface area contributed by atoms with Gasteiger partial charge in [-0.3, -0.25) is 0 Å². The smallest absolute Gasteiger partial charge is 0.106 e. The van der Waals surface area contributed by atoms with Crippen LogP contribution in [0.2, 0.25) is 5.02 Å². The average molecular weight is 264 g/mol. The molecule has 3 N–H and O–H groups in total. The Hall–Kier alpha value is -0.320. The van der Waals surface area contributed by atoms with Gasteiger partial charge in [0, 0.05) is 17.4 Å². The van der Waals surface area contributed by atoms with E-state index in [4.69, 9.17) is 23.2 Å². The van der Waals surface area contributed by atoms with Crippen LogP contribution in [0.1, 0.15) is 17.2 Å². The van der Waals surface area contributed by atoms with Crippen molar-refractivity contribution in [1.29, 1.82) is 0 Å². The van der Waals surface area contributed by atoms with Crippen LogP contribution in [0.25, 0.3) is 0 Å². The first-order chi connectivity index (χ1) is 7.60. The van der Waals surface area contributed by atoms with E-state index in [1.807, 2.05) is 0 Å². The number of halogens is 2. The zero-order chi connectivity index (χ0) is 12.1. The van der Waals surface area contributed by atoms with Crippen LogP contribution in [0, 0.1) is 0 Å². The number of nitrogens with one attached hydrogen (secondary N) is 1. The molecule has 16 heavy (non-hydrogen) atoms. The fraction of sp³-hybridized carbons (Fsp3) is 0.455. The highest BCUT2D eigenvalue weighted by atomic mass is 35.5. The molecule has 3 nitrogen and oxygen atoms in total. The van der Waals surface area contributed by atoms with Gasteiger partial charge in [-0.05, 0) is 24.2 Å². The second kappa shape index (κ2) is 6.42. The molecule has 0 aliphatic heterocycles. The Morgan fingerprint density at radius 1 is 1.38 bits per heavy atom. The molecule has 0 amide bonds. The van der Waals surface area contributed by atoms with E-state index >= 15 is 0 Å². The summed E-state index contributed by atoms with van der Waals surface area (Å²) in [6, 6.07) is 5.06. The van der Waals surface area contributed by atoms with Gasteiger partial charge in [-0.1, -0.05) is 23.7 Å². The normalized spacial score (nSPS) is 14.8. The molecule has 0 bridgehead atoms. The third kappa shape index (κ3) is 3.34. The first kappa shape index (κ1) is 13.7. The van der Waals surface area contributed by atoms with Gasteiger partial charge in [0.2, 0.25) is 0 Å². The summed E-state index contributed by atoms with van der Waals surface area (Å²) in [6.07, 6.45) is -1.79. The van der Waals surface area contributed by atoms with E-state index in [1.165, 1.54) is 0 Å². The van der Waals surface area contributed by atoms with Crippen LogP contribution in [-0.4, -0.2) is 29.9 Å². The van der Waals surface area contributed by atoms with E-state index in [2.05, 4.69) is 5.32 Å². The lowest BCUT2D eigenvalue weighted by Gasteiger charge is -2.18. The maximum atomic E-state index is 9.85. The number of hydrogen-bond donors (Lipinski definition) is 3. The van der Waals surface area contributed by atoms with Gasteiger partial charge < -0.3 is 15.5 Å². The molecule has 1 aromatic rings. The highest BCUT2D eigenvalue weighted by molar-refractivity contribution is 6.32. The van der Waals surface area contributed by atoms with Crippen LogP contribution in [0.15, 0.2) is 18.2 Å². The Kier molecular flexibility index (Phi) is 5.52. The summed E-state index contributed by atoms with van der Waals surface area (Å²) < 4.78 is 0. The van der Waals surface area contributed by atoms with Crippen molar-refractivity contribution in [2.45, 2.75) is 18.1 Å². The molecule has 0 aliphatic rings. The summed E-state index contributed by atoms with van der Waals surface area (Å²) in [5, 5.41) is 22.8. The maximum absolute atomic E-state index is 9.85. The highest BCUT2D eigenvalue weighted by Gasteiger charge is 2.18. The van der Waals surface area contributed by atoms with E-state index in [9.17, 15) is 10.2 Å². The molecule has 0 fully saturated rings. The molecule has 0 spiro atoms. The topological polar surface area (TPSA) is 52.5 Å². The van der Waals surface area contributed by atoms with Crippen LogP contribution in [0.4, 0.5) is 0 Å². The van der Waals surface area contributed by atoms with Crippen molar-refractivity contribution in [2.75, 3.05) is 13.6 Å². The Balaban J connectivity index is 2.87. The minimum atomic E-state index is -0.938. The Morgan fingerprint density at radius 3 is 2.62 bits per heavy atom. The molecule has 2 atom stereocenters. The molecule has 0 saturated heterocycles. The fourth-order valence-corrected chi connectivity index (χ4v) is 1.90. The van der Waals surface area contributed by atoms with E-state index in [0.717, 1.165) is 5.56 Å². The fourth-order valence-electron chi connectivity index (χ4n) is 1.42. The van der Waals surface area contributed by atoms with Crippen molar-refractivity contribution < 1.29 is 10.2 Å². The molecule has 0 heterocycles. The number of aliphatic hydroxyl groups is 2. The first-order valence-electron chi connectivity index (χ1n) is 4.95. The minimum absolute atomic E-state index is 0.279. The van der Waals surface area contributed by atoms with Gasteiger partial charge in [-0.15, -0.1) is 11.6 Å². The molecule has 2 unspecified atom stereocenters. The van der Waals surface area contributed by atoms with Crippen LogP contribution < -0.4 is 5.32 Å². The molecule has 5 heteroatoms. The van der Waals surface area contributed by atoms with Crippen molar-refractivity contribution >= 4 is 23.2 Å². The second-order valence-corrected chi connectivity index (χ2v) is 4.23. The maximum Gasteiger partial charge on any atom is 0.106 e. The summed E-state index contributed by atoms with van der Waals surface area (Å²) in [5.74, 6) is 0.279. The van der Waals surface area contributed by atoms with Gasteiger partial charge in [0.15, 0.2) is 0 Å². The summed E-state index contributed by atoms with van der Waals surface area (Å²) in [7, 11) is 1.71. The van der Waals surface area contributed by atoms with Crippen LogP contribution in [0.3, 0.4) is 0 Å². The number of likely N-dealkylation sites (N-methyl/N-ethyl adjacent to an activating group) is 1. The van der Waals surface area contributed by atoms with E-state index in [1.54, 1.807) is 25.2 Å². The van der Waals surface area contributed by atoms with Crippen LogP contribution in [0.5, 0.6) is 0 Å². The van der Waals surface area contributed by atoms with E-state index in [0.29, 0.717) is 17.1 Å². The quantitative estimate of drug-likeness (QED) is 0.709. The SMILES string of the molecule is CNCC(O)C(O)c1ccc(Cl)c(CCl)c1.